The maximum atomic E-state index is 11.6. The number of rotatable bonds is 2. The van der Waals surface area contributed by atoms with Crippen LogP contribution in [-0.2, 0) is 0 Å². The maximum absolute atomic E-state index is 11.6. The molecule has 2 aliphatic heterocycles. The average Bonchev–Trinajstić information content (AvgIpc) is 2.59. The molecule has 2 fully saturated rings. The molecule has 0 radical (unpaired) electrons. The fourth-order valence-electron chi connectivity index (χ4n) is 2.22. The van der Waals surface area contributed by atoms with Gasteiger partial charge in [-0.2, -0.15) is 0 Å². The summed E-state index contributed by atoms with van der Waals surface area (Å²) in [5, 5.41) is 15.1. The largest absolute Gasteiger partial charge is 0.395 e. The van der Waals surface area contributed by atoms with Crippen LogP contribution in [0.4, 0.5) is 4.79 Å². The van der Waals surface area contributed by atoms with Crippen LogP contribution in [0.25, 0.3) is 0 Å². The number of urea groups is 1. The third-order valence-corrected chi connectivity index (χ3v) is 3.13. The molecule has 0 bridgehead atoms. The Morgan fingerprint density at radius 3 is 2.93 bits per heavy atom. The third kappa shape index (κ3) is 1.69. The molecule has 2 amide bonds. The van der Waals surface area contributed by atoms with Gasteiger partial charge in [0, 0.05) is 19.6 Å². The molecule has 0 unspecified atom stereocenters. The van der Waals surface area contributed by atoms with E-state index in [-0.39, 0.29) is 18.2 Å². The number of carbonyl (C=O) groups excluding carboxylic acids is 1. The quantitative estimate of drug-likeness (QED) is 0.541. The van der Waals surface area contributed by atoms with E-state index in [0.717, 1.165) is 32.5 Å². The SMILES string of the molecule is O=C1N[C@]2(CCNC2)CCN1CCO. The van der Waals surface area contributed by atoms with Crippen molar-refractivity contribution in [2.24, 2.45) is 0 Å². The summed E-state index contributed by atoms with van der Waals surface area (Å²) < 4.78 is 0. The number of aliphatic hydroxyl groups excluding tert-OH is 1. The highest BCUT2D eigenvalue weighted by Gasteiger charge is 2.39. The van der Waals surface area contributed by atoms with Crippen molar-refractivity contribution in [3.8, 4) is 0 Å². The van der Waals surface area contributed by atoms with E-state index in [0.29, 0.717) is 6.54 Å². The van der Waals surface area contributed by atoms with Gasteiger partial charge in [-0.3, -0.25) is 0 Å². The van der Waals surface area contributed by atoms with E-state index in [4.69, 9.17) is 5.11 Å². The first-order valence-corrected chi connectivity index (χ1v) is 5.14. The molecule has 80 valence electrons. The summed E-state index contributed by atoms with van der Waals surface area (Å²) in [7, 11) is 0. The minimum atomic E-state index is -0.0333. The average molecular weight is 199 g/mol. The Morgan fingerprint density at radius 2 is 2.36 bits per heavy atom. The van der Waals surface area contributed by atoms with Crippen molar-refractivity contribution >= 4 is 6.03 Å². The molecule has 2 rings (SSSR count). The van der Waals surface area contributed by atoms with Gasteiger partial charge in [-0.1, -0.05) is 0 Å². The van der Waals surface area contributed by atoms with Gasteiger partial charge in [0.05, 0.1) is 12.1 Å². The summed E-state index contributed by atoms with van der Waals surface area (Å²) in [6, 6.07) is -0.0333. The molecule has 0 aromatic heterocycles. The number of amides is 2. The van der Waals surface area contributed by atoms with Crippen LogP contribution in [0.2, 0.25) is 0 Å². The number of carbonyl (C=O) groups is 1. The van der Waals surface area contributed by atoms with Crippen LogP contribution >= 0.6 is 0 Å². The molecule has 1 atom stereocenters. The van der Waals surface area contributed by atoms with Gasteiger partial charge in [0.2, 0.25) is 0 Å². The Labute approximate surface area is 83.5 Å². The van der Waals surface area contributed by atoms with E-state index >= 15 is 0 Å². The van der Waals surface area contributed by atoms with Gasteiger partial charge >= 0.3 is 6.03 Å². The van der Waals surface area contributed by atoms with E-state index in [1.807, 2.05) is 0 Å². The lowest BCUT2D eigenvalue weighted by molar-refractivity contribution is 0.136. The Hall–Kier alpha value is -0.810. The first-order chi connectivity index (χ1) is 6.76. The van der Waals surface area contributed by atoms with E-state index < -0.39 is 0 Å². The minimum absolute atomic E-state index is 0.0109. The number of hydrogen-bond donors (Lipinski definition) is 3. The van der Waals surface area contributed by atoms with Gasteiger partial charge in [-0.05, 0) is 19.4 Å². The smallest absolute Gasteiger partial charge is 0.317 e. The van der Waals surface area contributed by atoms with Crippen molar-refractivity contribution in [2.75, 3.05) is 32.8 Å². The molecule has 1 spiro atoms. The van der Waals surface area contributed by atoms with Crippen molar-refractivity contribution in [3.05, 3.63) is 0 Å². The second-order valence-electron chi connectivity index (χ2n) is 4.10. The Balaban J connectivity index is 1.95. The molecule has 0 aliphatic carbocycles. The fourth-order valence-corrected chi connectivity index (χ4v) is 2.22. The maximum Gasteiger partial charge on any atom is 0.317 e. The highest BCUT2D eigenvalue weighted by molar-refractivity contribution is 5.76. The van der Waals surface area contributed by atoms with Crippen molar-refractivity contribution in [2.45, 2.75) is 18.4 Å². The summed E-state index contributed by atoms with van der Waals surface area (Å²) in [6.07, 6.45) is 2.00. The summed E-state index contributed by atoms with van der Waals surface area (Å²) in [6.45, 7) is 3.11. The van der Waals surface area contributed by atoms with Gasteiger partial charge in [-0.25, -0.2) is 4.79 Å². The van der Waals surface area contributed by atoms with Crippen LogP contribution in [0.5, 0.6) is 0 Å². The number of aliphatic hydroxyl groups is 1. The summed E-state index contributed by atoms with van der Waals surface area (Å²) in [5.41, 5.74) is -0.0109. The van der Waals surface area contributed by atoms with E-state index in [1.165, 1.54) is 0 Å². The third-order valence-electron chi connectivity index (χ3n) is 3.13. The van der Waals surface area contributed by atoms with Gasteiger partial charge in [-0.15, -0.1) is 0 Å². The van der Waals surface area contributed by atoms with E-state index in [2.05, 4.69) is 10.6 Å². The zero-order valence-electron chi connectivity index (χ0n) is 8.25. The van der Waals surface area contributed by atoms with E-state index in [1.54, 1.807) is 4.90 Å². The molecule has 0 aromatic carbocycles. The van der Waals surface area contributed by atoms with Gasteiger partial charge in [0.15, 0.2) is 0 Å². The van der Waals surface area contributed by atoms with E-state index in [9.17, 15) is 4.79 Å². The topological polar surface area (TPSA) is 64.6 Å². The predicted molar refractivity (Wildman–Crippen MR) is 52.0 cm³/mol. The molecule has 14 heavy (non-hydrogen) atoms. The van der Waals surface area contributed by atoms with Crippen LogP contribution in [0, 0.1) is 0 Å². The Morgan fingerprint density at radius 1 is 1.50 bits per heavy atom. The summed E-state index contributed by atoms with van der Waals surface area (Å²) >= 11 is 0. The Bertz CT molecular complexity index is 226. The van der Waals surface area contributed by atoms with Crippen LogP contribution in [-0.4, -0.2) is 54.4 Å². The van der Waals surface area contributed by atoms with Crippen LogP contribution in [0.3, 0.4) is 0 Å². The second kappa shape index (κ2) is 3.74. The van der Waals surface area contributed by atoms with Gasteiger partial charge in [0.1, 0.15) is 0 Å². The summed E-state index contributed by atoms with van der Waals surface area (Å²) in [5.74, 6) is 0. The molecule has 0 saturated carbocycles. The zero-order chi connectivity index (χ0) is 10.0. The van der Waals surface area contributed by atoms with Crippen molar-refractivity contribution in [1.29, 1.82) is 0 Å². The van der Waals surface area contributed by atoms with Crippen molar-refractivity contribution in [1.82, 2.24) is 15.5 Å². The van der Waals surface area contributed by atoms with Gasteiger partial charge < -0.3 is 20.6 Å². The lowest BCUT2D eigenvalue weighted by Crippen LogP contribution is -2.61. The van der Waals surface area contributed by atoms with Crippen LogP contribution < -0.4 is 10.6 Å². The highest BCUT2D eigenvalue weighted by Crippen LogP contribution is 2.23. The zero-order valence-corrected chi connectivity index (χ0v) is 8.25. The molecule has 5 nitrogen and oxygen atoms in total. The van der Waals surface area contributed by atoms with Crippen LogP contribution in [0.1, 0.15) is 12.8 Å². The monoisotopic (exact) mass is 199 g/mol. The molecule has 3 N–H and O–H groups in total. The van der Waals surface area contributed by atoms with Crippen LogP contribution in [0.15, 0.2) is 0 Å². The Kier molecular flexibility index (Phi) is 2.60. The summed E-state index contributed by atoms with van der Waals surface area (Å²) in [4.78, 5) is 13.3. The molecule has 2 aliphatic rings. The number of hydrogen-bond acceptors (Lipinski definition) is 3. The van der Waals surface area contributed by atoms with Crippen molar-refractivity contribution < 1.29 is 9.90 Å². The minimum Gasteiger partial charge on any atom is -0.395 e. The lowest BCUT2D eigenvalue weighted by Gasteiger charge is -2.39. The standard InChI is InChI=1S/C9H17N3O2/c13-6-5-12-4-2-9(11-8(12)14)1-3-10-7-9/h10,13H,1-7H2,(H,11,14)/t9-/m1/s1. The van der Waals surface area contributed by atoms with Gasteiger partial charge in [0.25, 0.3) is 0 Å². The fraction of sp³-hybridized carbons (Fsp3) is 0.889. The predicted octanol–water partition coefficient (Wildman–Crippen LogP) is -0.874. The first-order valence-electron chi connectivity index (χ1n) is 5.14. The highest BCUT2D eigenvalue weighted by atomic mass is 16.3. The molecule has 0 aromatic rings. The molecular formula is C9H17N3O2. The molecule has 2 heterocycles. The molecule has 5 heteroatoms. The molecular weight excluding hydrogens is 182 g/mol. The number of β-amino-alcohol motifs (C(OH)–C–C–N with tert-alkyl or cyclic N) is 1. The first kappa shape index (κ1) is 9.73. The second-order valence-corrected chi connectivity index (χ2v) is 4.10. The number of nitrogens with one attached hydrogen (secondary N) is 2. The van der Waals surface area contributed by atoms with Crippen molar-refractivity contribution in [3.63, 3.8) is 0 Å². The lowest BCUT2D eigenvalue weighted by atomic mass is 9.92. The normalized spacial score (nSPS) is 32.4. The molecule has 2 saturated heterocycles. The number of nitrogens with zero attached hydrogens (tertiary/aromatic N) is 1.